The highest BCUT2D eigenvalue weighted by Crippen LogP contribution is 2.17. The normalized spacial score (nSPS) is 9.71. The van der Waals surface area contributed by atoms with Crippen molar-refractivity contribution >= 4 is 29.7 Å². The average Bonchev–Trinajstić information content (AvgIpc) is 2.15. The van der Waals surface area contributed by atoms with Gasteiger partial charge in [-0.05, 0) is 17.5 Å². The van der Waals surface area contributed by atoms with Crippen LogP contribution >= 0.6 is 24.0 Å². The molecule has 0 saturated carbocycles. The molecule has 14 heavy (non-hydrogen) atoms. The highest BCUT2D eigenvalue weighted by Gasteiger charge is 1.99. The molecule has 0 saturated heterocycles. The molecule has 0 radical (unpaired) electrons. The molecule has 0 spiro atoms. The van der Waals surface area contributed by atoms with Crippen molar-refractivity contribution in [3.63, 3.8) is 0 Å². The van der Waals surface area contributed by atoms with Crippen LogP contribution in [-0.2, 0) is 5.88 Å². The summed E-state index contributed by atoms with van der Waals surface area (Å²) in [5.74, 6) is 1.23. The highest BCUT2D eigenvalue weighted by molar-refractivity contribution is 6.17. The van der Waals surface area contributed by atoms with E-state index in [-0.39, 0.29) is 12.4 Å². The minimum Gasteiger partial charge on any atom is -0.385 e. The van der Waals surface area contributed by atoms with Crippen LogP contribution in [0.1, 0.15) is 19.4 Å². The average molecular weight is 234 g/mol. The van der Waals surface area contributed by atoms with Gasteiger partial charge in [0.25, 0.3) is 0 Å². The summed E-state index contributed by atoms with van der Waals surface area (Å²) in [7, 11) is 0. The lowest BCUT2D eigenvalue weighted by molar-refractivity contribution is 0.688. The Morgan fingerprint density at radius 1 is 1.29 bits per heavy atom. The van der Waals surface area contributed by atoms with E-state index in [4.69, 9.17) is 11.6 Å². The Morgan fingerprint density at radius 2 is 1.93 bits per heavy atom. The van der Waals surface area contributed by atoms with Crippen LogP contribution in [0.5, 0.6) is 0 Å². The molecule has 0 amide bonds. The number of benzene rings is 1. The molecule has 1 aromatic carbocycles. The molecule has 0 aliphatic carbocycles. The van der Waals surface area contributed by atoms with Crippen molar-refractivity contribution in [3.8, 4) is 0 Å². The first-order valence-corrected chi connectivity index (χ1v) is 5.15. The van der Waals surface area contributed by atoms with Gasteiger partial charge in [-0.3, -0.25) is 0 Å². The Hall–Kier alpha value is -0.400. The molecule has 0 bridgehead atoms. The third-order valence-corrected chi connectivity index (χ3v) is 2.15. The Bertz CT molecular complexity index is 261. The fourth-order valence-corrected chi connectivity index (χ4v) is 1.36. The maximum absolute atomic E-state index is 5.81. The second-order valence-electron chi connectivity index (χ2n) is 3.57. The van der Waals surface area contributed by atoms with E-state index in [1.54, 1.807) is 0 Å². The van der Waals surface area contributed by atoms with E-state index >= 15 is 0 Å². The fourth-order valence-electron chi connectivity index (χ4n) is 1.12. The molecule has 0 unspecified atom stereocenters. The lowest BCUT2D eigenvalue weighted by Gasteiger charge is -2.11. The molecule has 1 N–H and O–H groups in total. The summed E-state index contributed by atoms with van der Waals surface area (Å²) in [6.45, 7) is 5.38. The minimum atomic E-state index is 0. The molecule has 0 heterocycles. The van der Waals surface area contributed by atoms with Crippen molar-refractivity contribution in [2.24, 2.45) is 5.92 Å². The van der Waals surface area contributed by atoms with Gasteiger partial charge in [0.15, 0.2) is 0 Å². The smallest absolute Gasteiger partial charge is 0.0494 e. The first-order valence-electron chi connectivity index (χ1n) is 4.61. The summed E-state index contributed by atoms with van der Waals surface area (Å²) in [5, 5.41) is 3.38. The lowest BCUT2D eigenvalue weighted by Crippen LogP contribution is -2.09. The zero-order valence-electron chi connectivity index (χ0n) is 8.59. The monoisotopic (exact) mass is 233 g/mol. The molecule has 1 aromatic rings. The van der Waals surface area contributed by atoms with Gasteiger partial charge in [0, 0.05) is 18.1 Å². The number of rotatable bonds is 4. The minimum absolute atomic E-state index is 0. The van der Waals surface area contributed by atoms with Crippen molar-refractivity contribution < 1.29 is 0 Å². The van der Waals surface area contributed by atoms with Gasteiger partial charge in [0.1, 0.15) is 0 Å². The summed E-state index contributed by atoms with van der Waals surface area (Å²) in [6.07, 6.45) is 0. The third-order valence-electron chi connectivity index (χ3n) is 1.86. The maximum Gasteiger partial charge on any atom is 0.0494 e. The van der Waals surface area contributed by atoms with E-state index in [2.05, 4.69) is 31.3 Å². The molecule has 0 fully saturated rings. The number of halogens is 2. The van der Waals surface area contributed by atoms with Crippen molar-refractivity contribution in [2.75, 3.05) is 11.9 Å². The number of anilines is 1. The van der Waals surface area contributed by atoms with E-state index in [0.717, 1.165) is 12.2 Å². The second kappa shape index (κ2) is 6.97. The van der Waals surface area contributed by atoms with Gasteiger partial charge >= 0.3 is 0 Å². The summed E-state index contributed by atoms with van der Waals surface area (Å²) in [6, 6.07) is 8.16. The quantitative estimate of drug-likeness (QED) is 0.778. The van der Waals surface area contributed by atoms with E-state index in [9.17, 15) is 0 Å². The number of hydrogen-bond acceptors (Lipinski definition) is 1. The summed E-state index contributed by atoms with van der Waals surface area (Å²) in [5.41, 5.74) is 2.33. The molecule has 0 atom stereocenters. The van der Waals surface area contributed by atoms with Crippen LogP contribution in [0, 0.1) is 5.92 Å². The van der Waals surface area contributed by atoms with Gasteiger partial charge < -0.3 is 5.32 Å². The van der Waals surface area contributed by atoms with Crippen molar-refractivity contribution in [1.82, 2.24) is 0 Å². The number of nitrogens with one attached hydrogen (secondary N) is 1. The zero-order chi connectivity index (χ0) is 9.68. The summed E-state index contributed by atoms with van der Waals surface area (Å²) in [4.78, 5) is 0. The van der Waals surface area contributed by atoms with Gasteiger partial charge in [-0.25, -0.2) is 0 Å². The molecule has 80 valence electrons. The zero-order valence-corrected chi connectivity index (χ0v) is 10.2. The molecule has 1 nitrogen and oxygen atoms in total. The predicted octanol–water partition coefficient (Wildman–Crippen LogP) is 3.92. The van der Waals surface area contributed by atoms with Crippen LogP contribution in [0.15, 0.2) is 24.3 Å². The topological polar surface area (TPSA) is 12.0 Å². The van der Waals surface area contributed by atoms with Crippen LogP contribution in [-0.4, -0.2) is 6.54 Å². The van der Waals surface area contributed by atoms with Crippen molar-refractivity contribution in [2.45, 2.75) is 19.7 Å². The third kappa shape index (κ3) is 4.21. The summed E-state index contributed by atoms with van der Waals surface area (Å²) < 4.78 is 0. The Balaban J connectivity index is 0.00000169. The molecule has 1 rings (SSSR count). The number of hydrogen-bond donors (Lipinski definition) is 1. The number of para-hydroxylation sites is 1. The molecule has 3 heteroatoms. The van der Waals surface area contributed by atoms with Crippen LogP contribution in [0.2, 0.25) is 0 Å². The molecular formula is C11H17Cl2N. The SMILES string of the molecule is CC(C)CNc1ccccc1CCl.Cl. The maximum atomic E-state index is 5.81. The standard InChI is InChI=1S/C11H16ClN.ClH/c1-9(2)8-13-11-6-4-3-5-10(11)7-12;/h3-6,9,13H,7-8H2,1-2H3;1H. The molecule has 0 aromatic heterocycles. The first-order chi connectivity index (χ1) is 6.24. The molecule has 0 aliphatic heterocycles. The Morgan fingerprint density at radius 3 is 2.50 bits per heavy atom. The summed E-state index contributed by atoms with van der Waals surface area (Å²) >= 11 is 5.81. The van der Waals surface area contributed by atoms with Crippen LogP contribution in [0.4, 0.5) is 5.69 Å². The van der Waals surface area contributed by atoms with Gasteiger partial charge in [-0.2, -0.15) is 0 Å². The predicted molar refractivity (Wildman–Crippen MR) is 66.6 cm³/mol. The van der Waals surface area contributed by atoms with E-state index in [0.29, 0.717) is 11.8 Å². The second-order valence-corrected chi connectivity index (χ2v) is 3.83. The Kier molecular flexibility index (Phi) is 6.77. The van der Waals surface area contributed by atoms with Crippen molar-refractivity contribution in [1.29, 1.82) is 0 Å². The van der Waals surface area contributed by atoms with Gasteiger partial charge in [-0.15, -0.1) is 24.0 Å². The van der Waals surface area contributed by atoms with E-state index in [1.807, 2.05) is 12.1 Å². The van der Waals surface area contributed by atoms with Crippen LogP contribution in [0.25, 0.3) is 0 Å². The van der Waals surface area contributed by atoms with Crippen LogP contribution < -0.4 is 5.32 Å². The van der Waals surface area contributed by atoms with Crippen LogP contribution in [0.3, 0.4) is 0 Å². The fraction of sp³-hybridized carbons (Fsp3) is 0.455. The van der Waals surface area contributed by atoms with Gasteiger partial charge in [-0.1, -0.05) is 32.0 Å². The lowest BCUT2D eigenvalue weighted by atomic mass is 10.1. The van der Waals surface area contributed by atoms with E-state index < -0.39 is 0 Å². The van der Waals surface area contributed by atoms with E-state index in [1.165, 1.54) is 5.56 Å². The molecular weight excluding hydrogens is 217 g/mol. The first kappa shape index (κ1) is 13.6. The Labute approximate surface area is 97.3 Å². The largest absolute Gasteiger partial charge is 0.385 e. The highest BCUT2D eigenvalue weighted by atomic mass is 35.5. The van der Waals surface area contributed by atoms with Crippen molar-refractivity contribution in [3.05, 3.63) is 29.8 Å². The van der Waals surface area contributed by atoms with Gasteiger partial charge in [0.2, 0.25) is 0 Å². The van der Waals surface area contributed by atoms with Gasteiger partial charge in [0.05, 0.1) is 0 Å². The molecule has 0 aliphatic rings. The number of alkyl halides is 1.